The van der Waals surface area contributed by atoms with Crippen LogP contribution >= 0.6 is 11.8 Å². The monoisotopic (exact) mass is 468 g/mol. The van der Waals surface area contributed by atoms with Crippen LogP contribution in [0.25, 0.3) is 5.69 Å². The molecule has 174 valence electrons. The standard InChI is InChI=1S/C23H28N6O3S/c1-17-9-10-19(32-17)14-27(2)22(31)16-33-23-26-25-20(29(23)18-7-6-11-24-13-18)15-28-12-5-3-4-8-21(28)30/h6-7,9-11,13H,3-5,8,12,14-16H2,1-2H3. The fourth-order valence-electron chi connectivity index (χ4n) is 3.75. The molecule has 1 aliphatic rings. The van der Waals surface area contributed by atoms with Gasteiger partial charge in [0.15, 0.2) is 11.0 Å². The Morgan fingerprint density at radius 3 is 2.85 bits per heavy atom. The molecule has 0 spiro atoms. The van der Waals surface area contributed by atoms with Crippen molar-refractivity contribution in [3.8, 4) is 5.69 Å². The zero-order chi connectivity index (χ0) is 23.2. The van der Waals surface area contributed by atoms with Crippen molar-refractivity contribution in [1.29, 1.82) is 0 Å². The highest BCUT2D eigenvalue weighted by atomic mass is 32.2. The van der Waals surface area contributed by atoms with Crippen LogP contribution in [-0.2, 0) is 22.7 Å². The number of pyridine rings is 1. The molecule has 3 aromatic rings. The second-order valence-corrected chi connectivity index (χ2v) is 9.06. The van der Waals surface area contributed by atoms with Gasteiger partial charge >= 0.3 is 0 Å². The fourth-order valence-corrected chi connectivity index (χ4v) is 4.66. The average Bonchev–Trinajstić information content (AvgIpc) is 3.35. The van der Waals surface area contributed by atoms with Crippen molar-refractivity contribution < 1.29 is 14.0 Å². The minimum absolute atomic E-state index is 0.0426. The first kappa shape index (κ1) is 23.0. The summed E-state index contributed by atoms with van der Waals surface area (Å²) in [5.74, 6) is 2.53. The largest absolute Gasteiger partial charge is 0.464 e. The van der Waals surface area contributed by atoms with Crippen molar-refractivity contribution >= 4 is 23.6 Å². The number of carbonyl (C=O) groups excluding carboxylic acids is 2. The molecule has 0 atom stereocenters. The van der Waals surface area contributed by atoms with Gasteiger partial charge in [-0.1, -0.05) is 18.2 Å². The second kappa shape index (κ2) is 10.7. The molecule has 0 saturated carbocycles. The van der Waals surface area contributed by atoms with E-state index in [1.165, 1.54) is 11.8 Å². The maximum Gasteiger partial charge on any atom is 0.233 e. The molecule has 1 fully saturated rings. The summed E-state index contributed by atoms with van der Waals surface area (Å²) in [6.45, 7) is 3.39. The number of likely N-dealkylation sites (tertiary alicyclic amines) is 1. The number of aryl methyl sites for hydroxylation is 1. The maximum atomic E-state index is 12.7. The molecule has 33 heavy (non-hydrogen) atoms. The lowest BCUT2D eigenvalue weighted by molar-refractivity contribution is -0.131. The quantitative estimate of drug-likeness (QED) is 0.468. The Balaban J connectivity index is 1.49. The van der Waals surface area contributed by atoms with Crippen LogP contribution in [0.2, 0.25) is 0 Å². The van der Waals surface area contributed by atoms with E-state index in [1.54, 1.807) is 24.3 Å². The van der Waals surface area contributed by atoms with E-state index in [1.807, 2.05) is 40.7 Å². The van der Waals surface area contributed by atoms with Crippen molar-refractivity contribution in [2.45, 2.75) is 50.9 Å². The summed E-state index contributed by atoms with van der Waals surface area (Å²) < 4.78 is 7.46. The second-order valence-electron chi connectivity index (χ2n) is 8.12. The highest BCUT2D eigenvalue weighted by molar-refractivity contribution is 7.99. The Morgan fingerprint density at radius 1 is 1.21 bits per heavy atom. The van der Waals surface area contributed by atoms with Gasteiger partial charge in [0.2, 0.25) is 11.8 Å². The van der Waals surface area contributed by atoms with E-state index >= 15 is 0 Å². The minimum Gasteiger partial charge on any atom is -0.464 e. The molecule has 2 amide bonds. The van der Waals surface area contributed by atoms with Crippen LogP contribution < -0.4 is 0 Å². The SMILES string of the molecule is Cc1ccc(CN(C)C(=O)CSc2nnc(CN3CCCCCC3=O)n2-c2cccnc2)o1. The van der Waals surface area contributed by atoms with Crippen molar-refractivity contribution in [3.05, 3.63) is 54.0 Å². The number of aromatic nitrogens is 4. The molecule has 10 heteroatoms. The van der Waals surface area contributed by atoms with Gasteiger partial charge in [0.25, 0.3) is 0 Å². The summed E-state index contributed by atoms with van der Waals surface area (Å²) in [5, 5.41) is 9.31. The van der Waals surface area contributed by atoms with E-state index in [0.29, 0.717) is 30.5 Å². The number of rotatable bonds is 8. The predicted molar refractivity (Wildman–Crippen MR) is 124 cm³/mol. The molecular formula is C23H28N6O3S. The Kier molecular flexibility index (Phi) is 7.43. The van der Waals surface area contributed by atoms with Crippen LogP contribution in [0.4, 0.5) is 0 Å². The molecule has 9 nitrogen and oxygen atoms in total. The van der Waals surface area contributed by atoms with E-state index in [0.717, 1.165) is 43.0 Å². The topological polar surface area (TPSA) is 97.4 Å². The first-order chi connectivity index (χ1) is 16.0. The average molecular weight is 469 g/mol. The summed E-state index contributed by atoms with van der Waals surface area (Å²) in [4.78, 5) is 32.9. The molecule has 1 saturated heterocycles. The molecule has 1 aliphatic heterocycles. The number of nitrogens with zero attached hydrogens (tertiary/aromatic N) is 6. The molecule has 0 unspecified atom stereocenters. The van der Waals surface area contributed by atoms with Crippen LogP contribution in [0.3, 0.4) is 0 Å². The van der Waals surface area contributed by atoms with E-state index in [9.17, 15) is 9.59 Å². The number of furan rings is 1. The van der Waals surface area contributed by atoms with Crippen molar-refractivity contribution in [2.75, 3.05) is 19.3 Å². The molecular weight excluding hydrogens is 440 g/mol. The van der Waals surface area contributed by atoms with Crippen molar-refractivity contribution in [3.63, 3.8) is 0 Å². The molecule has 0 N–H and O–H groups in total. The summed E-state index contributed by atoms with van der Waals surface area (Å²) in [6, 6.07) is 7.52. The van der Waals surface area contributed by atoms with Crippen LogP contribution in [0.5, 0.6) is 0 Å². The summed E-state index contributed by atoms with van der Waals surface area (Å²) in [7, 11) is 1.75. The fraction of sp³-hybridized carbons (Fsp3) is 0.435. The molecule has 3 aromatic heterocycles. The van der Waals surface area contributed by atoms with Crippen LogP contribution in [0, 0.1) is 6.92 Å². The van der Waals surface area contributed by atoms with Crippen molar-refractivity contribution in [1.82, 2.24) is 29.5 Å². The molecule has 4 heterocycles. The molecule has 0 aliphatic carbocycles. The molecule has 0 radical (unpaired) electrons. The zero-order valence-electron chi connectivity index (χ0n) is 18.9. The first-order valence-corrected chi connectivity index (χ1v) is 12.0. The van der Waals surface area contributed by atoms with Gasteiger partial charge in [-0.3, -0.25) is 19.1 Å². The third kappa shape index (κ3) is 5.81. The van der Waals surface area contributed by atoms with Crippen LogP contribution in [0.15, 0.2) is 46.2 Å². The highest BCUT2D eigenvalue weighted by Crippen LogP contribution is 2.24. The smallest absolute Gasteiger partial charge is 0.233 e. The number of hydrogen-bond donors (Lipinski definition) is 0. The Bertz CT molecular complexity index is 1100. The van der Waals surface area contributed by atoms with Gasteiger partial charge in [0.05, 0.1) is 30.7 Å². The Labute approximate surface area is 197 Å². The van der Waals surface area contributed by atoms with Crippen LogP contribution in [0.1, 0.15) is 43.0 Å². The van der Waals surface area contributed by atoms with E-state index in [-0.39, 0.29) is 17.6 Å². The van der Waals surface area contributed by atoms with Gasteiger partial charge < -0.3 is 14.2 Å². The van der Waals surface area contributed by atoms with Gasteiger partial charge in [-0.25, -0.2) is 0 Å². The number of carbonyl (C=O) groups is 2. The van der Waals surface area contributed by atoms with Gasteiger partial charge in [-0.2, -0.15) is 0 Å². The first-order valence-electron chi connectivity index (χ1n) is 11.1. The minimum atomic E-state index is -0.0426. The number of hydrogen-bond acceptors (Lipinski definition) is 7. The molecule has 4 rings (SSSR count). The lowest BCUT2D eigenvalue weighted by Gasteiger charge is -2.20. The third-order valence-corrected chi connectivity index (χ3v) is 6.46. The normalized spacial score (nSPS) is 14.4. The Morgan fingerprint density at radius 2 is 2.09 bits per heavy atom. The molecule has 0 aromatic carbocycles. The third-order valence-electron chi connectivity index (χ3n) is 5.55. The molecule has 0 bridgehead atoms. The zero-order valence-corrected chi connectivity index (χ0v) is 19.8. The highest BCUT2D eigenvalue weighted by Gasteiger charge is 2.23. The van der Waals surface area contributed by atoms with E-state index < -0.39 is 0 Å². The van der Waals surface area contributed by atoms with Gasteiger partial charge in [-0.15, -0.1) is 10.2 Å². The lowest BCUT2D eigenvalue weighted by Crippen LogP contribution is -2.31. The predicted octanol–water partition coefficient (Wildman–Crippen LogP) is 3.22. The maximum absolute atomic E-state index is 12.7. The Hall–Kier alpha value is -3.14. The van der Waals surface area contributed by atoms with Gasteiger partial charge in [-0.05, 0) is 44.0 Å². The number of amides is 2. The summed E-state index contributed by atoms with van der Waals surface area (Å²) in [6.07, 6.45) is 6.98. The van der Waals surface area contributed by atoms with Gasteiger partial charge in [0.1, 0.15) is 11.5 Å². The van der Waals surface area contributed by atoms with E-state index in [2.05, 4.69) is 15.2 Å². The summed E-state index contributed by atoms with van der Waals surface area (Å²) in [5.41, 5.74) is 0.800. The van der Waals surface area contributed by atoms with Crippen molar-refractivity contribution in [2.24, 2.45) is 0 Å². The number of thioether (sulfide) groups is 1. The van der Waals surface area contributed by atoms with Crippen LogP contribution in [-0.4, -0.2) is 60.7 Å². The van der Waals surface area contributed by atoms with E-state index in [4.69, 9.17) is 4.42 Å². The van der Waals surface area contributed by atoms with Gasteiger partial charge in [0, 0.05) is 26.2 Å². The summed E-state index contributed by atoms with van der Waals surface area (Å²) >= 11 is 1.32. The lowest BCUT2D eigenvalue weighted by atomic mass is 10.2.